The minimum atomic E-state index is -0.737. The summed E-state index contributed by atoms with van der Waals surface area (Å²) in [7, 11) is 0. The van der Waals surface area contributed by atoms with Crippen molar-refractivity contribution in [3.8, 4) is 11.5 Å². The molecule has 0 fully saturated rings. The van der Waals surface area contributed by atoms with Gasteiger partial charge in [-0.15, -0.1) is 0 Å². The Kier molecular flexibility index (Phi) is 6.06. The maximum Gasteiger partial charge on any atom is 0.119 e. The van der Waals surface area contributed by atoms with Crippen molar-refractivity contribution in [2.45, 2.75) is 18.6 Å². The van der Waals surface area contributed by atoms with Gasteiger partial charge in [-0.3, -0.25) is 0 Å². The Morgan fingerprint density at radius 1 is 0.667 bits per heavy atom. The smallest absolute Gasteiger partial charge is 0.119 e. The van der Waals surface area contributed by atoms with E-state index in [1.165, 1.54) is 0 Å². The molecule has 2 rings (SSSR count). The van der Waals surface area contributed by atoms with Crippen molar-refractivity contribution in [1.29, 1.82) is 0 Å². The second-order valence-corrected chi connectivity index (χ2v) is 4.79. The highest BCUT2D eigenvalue weighted by Crippen LogP contribution is 2.11. The molecule has 2 atom stereocenters. The highest BCUT2D eigenvalue weighted by molar-refractivity contribution is 5.21. The van der Waals surface area contributed by atoms with Crippen LogP contribution in [0.1, 0.15) is 6.42 Å². The van der Waals surface area contributed by atoms with E-state index in [1.54, 1.807) is 0 Å². The lowest BCUT2D eigenvalue weighted by Crippen LogP contribution is -2.27. The number of para-hydroxylation sites is 2. The molecule has 0 bridgehead atoms. The SMILES string of the molecule is OC(COc1ccccc1)CC(O)COc1ccccc1. The lowest BCUT2D eigenvalue weighted by atomic mass is 10.2. The first-order valence-electron chi connectivity index (χ1n) is 6.96. The van der Waals surface area contributed by atoms with Gasteiger partial charge in [0.25, 0.3) is 0 Å². The molecule has 21 heavy (non-hydrogen) atoms. The summed E-state index contributed by atoms with van der Waals surface area (Å²) in [5.41, 5.74) is 0. The molecule has 0 aromatic heterocycles. The van der Waals surface area contributed by atoms with Gasteiger partial charge in [0.05, 0.1) is 12.2 Å². The summed E-state index contributed by atoms with van der Waals surface area (Å²) >= 11 is 0. The van der Waals surface area contributed by atoms with Gasteiger partial charge in [0.2, 0.25) is 0 Å². The van der Waals surface area contributed by atoms with Gasteiger partial charge in [-0.2, -0.15) is 0 Å². The average molecular weight is 288 g/mol. The van der Waals surface area contributed by atoms with Crippen LogP contribution >= 0.6 is 0 Å². The first-order valence-corrected chi connectivity index (χ1v) is 6.96. The molecule has 0 aliphatic heterocycles. The van der Waals surface area contributed by atoms with Crippen LogP contribution in [0.4, 0.5) is 0 Å². The third-order valence-corrected chi connectivity index (χ3v) is 2.92. The van der Waals surface area contributed by atoms with Crippen LogP contribution in [0, 0.1) is 0 Å². The summed E-state index contributed by atoms with van der Waals surface area (Å²) in [6, 6.07) is 18.5. The maximum absolute atomic E-state index is 9.84. The Balaban J connectivity index is 1.66. The number of hydrogen-bond donors (Lipinski definition) is 2. The molecule has 112 valence electrons. The zero-order valence-electron chi connectivity index (χ0n) is 11.8. The molecule has 0 radical (unpaired) electrons. The average Bonchev–Trinajstić information content (AvgIpc) is 2.53. The monoisotopic (exact) mass is 288 g/mol. The van der Waals surface area contributed by atoms with Crippen molar-refractivity contribution in [3.05, 3.63) is 60.7 Å². The molecule has 2 unspecified atom stereocenters. The van der Waals surface area contributed by atoms with Crippen molar-refractivity contribution in [1.82, 2.24) is 0 Å². The van der Waals surface area contributed by atoms with Gasteiger partial charge in [-0.1, -0.05) is 36.4 Å². The molecule has 0 saturated heterocycles. The summed E-state index contributed by atoms with van der Waals surface area (Å²) in [5, 5.41) is 19.7. The number of hydrogen-bond acceptors (Lipinski definition) is 4. The van der Waals surface area contributed by atoms with Crippen molar-refractivity contribution >= 4 is 0 Å². The van der Waals surface area contributed by atoms with Crippen molar-refractivity contribution in [2.75, 3.05) is 13.2 Å². The van der Waals surface area contributed by atoms with E-state index in [2.05, 4.69) is 0 Å². The van der Waals surface area contributed by atoms with Crippen LogP contribution in [0.5, 0.6) is 11.5 Å². The topological polar surface area (TPSA) is 58.9 Å². The standard InChI is InChI=1S/C17H20O4/c18-14(12-20-16-7-3-1-4-8-16)11-15(19)13-21-17-9-5-2-6-10-17/h1-10,14-15,18-19H,11-13H2. The Hall–Kier alpha value is -2.04. The lowest BCUT2D eigenvalue weighted by molar-refractivity contribution is 0.0284. The predicted octanol–water partition coefficient (Wildman–Crippen LogP) is 2.26. The molecule has 0 saturated carbocycles. The molecular weight excluding hydrogens is 268 g/mol. The van der Waals surface area contributed by atoms with Gasteiger partial charge in [0.1, 0.15) is 24.7 Å². The summed E-state index contributed by atoms with van der Waals surface area (Å²) in [6.45, 7) is 0.290. The van der Waals surface area contributed by atoms with Gasteiger partial charge in [0, 0.05) is 6.42 Å². The molecule has 4 heteroatoms. The Bertz CT molecular complexity index is 453. The summed E-state index contributed by atoms with van der Waals surface area (Å²) in [6.07, 6.45) is -1.26. The molecule has 2 aromatic rings. The molecule has 2 N–H and O–H groups in total. The second kappa shape index (κ2) is 8.29. The molecule has 0 amide bonds. The fraction of sp³-hybridized carbons (Fsp3) is 0.294. The molecule has 2 aromatic carbocycles. The number of aliphatic hydroxyl groups is 2. The van der Waals surface area contributed by atoms with E-state index in [1.807, 2.05) is 60.7 Å². The Morgan fingerprint density at radius 3 is 1.43 bits per heavy atom. The maximum atomic E-state index is 9.84. The summed E-state index contributed by atoms with van der Waals surface area (Å²) in [5.74, 6) is 1.40. The fourth-order valence-corrected chi connectivity index (χ4v) is 1.87. The van der Waals surface area contributed by atoms with Crippen LogP contribution in [0.15, 0.2) is 60.7 Å². The van der Waals surface area contributed by atoms with Gasteiger partial charge in [-0.25, -0.2) is 0 Å². The number of benzene rings is 2. The highest BCUT2D eigenvalue weighted by Gasteiger charge is 2.13. The first kappa shape index (κ1) is 15.4. The largest absolute Gasteiger partial charge is 0.491 e. The van der Waals surface area contributed by atoms with Crippen molar-refractivity contribution < 1.29 is 19.7 Å². The van der Waals surface area contributed by atoms with Crippen LogP contribution in [0.3, 0.4) is 0 Å². The minimum absolute atomic E-state index is 0.145. The zero-order chi connectivity index (χ0) is 14.9. The molecule has 0 aliphatic rings. The number of rotatable bonds is 8. The van der Waals surface area contributed by atoms with E-state index >= 15 is 0 Å². The van der Waals surface area contributed by atoms with E-state index in [-0.39, 0.29) is 19.6 Å². The quantitative estimate of drug-likeness (QED) is 0.782. The van der Waals surface area contributed by atoms with Crippen LogP contribution in [0.25, 0.3) is 0 Å². The van der Waals surface area contributed by atoms with E-state index < -0.39 is 12.2 Å². The molecule has 0 heterocycles. The van der Waals surface area contributed by atoms with Crippen LogP contribution < -0.4 is 9.47 Å². The highest BCUT2D eigenvalue weighted by atomic mass is 16.5. The van der Waals surface area contributed by atoms with Gasteiger partial charge < -0.3 is 19.7 Å². The molecule has 0 spiro atoms. The molecule has 0 aliphatic carbocycles. The van der Waals surface area contributed by atoms with Crippen LogP contribution in [-0.4, -0.2) is 35.6 Å². The Labute approximate surface area is 124 Å². The normalized spacial score (nSPS) is 13.4. The van der Waals surface area contributed by atoms with Gasteiger partial charge in [-0.05, 0) is 24.3 Å². The molecular formula is C17H20O4. The van der Waals surface area contributed by atoms with Gasteiger partial charge in [0.15, 0.2) is 0 Å². The van der Waals surface area contributed by atoms with E-state index in [0.29, 0.717) is 11.5 Å². The minimum Gasteiger partial charge on any atom is -0.491 e. The van der Waals surface area contributed by atoms with Crippen LogP contribution in [-0.2, 0) is 0 Å². The fourth-order valence-electron chi connectivity index (χ4n) is 1.87. The third-order valence-electron chi connectivity index (χ3n) is 2.92. The second-order valence-electron chi connectivity index (χ2n) is 4.79. The van der Waals surface area contributed by atoms with Crippen LogP contribution in [0.2, 0.25) is 0 Å². The third kappa shape index (κ3) is 5.85. The lowest BCUT2D eigenvalue weighted by Gasteiger charge is -2.17. The Morgan fingerprint density at radius 2 is 1.05 bits per heavy atom. The van der Waals surface area contributed by atoms with Crippen molar-refractivity contribution in [2.24, 2.45) is 0 Å². The summed E-state index contributed by atoms with van der Waals surface area (Å²) < 4.78 is 10.9. The first-order chi connectivity index (χ1) is 10.2. The van der Waals surface area contributed by atoms with E-state index in [0.717, 1.165) is 0 Å². The number of aliphatic hydroxyl groups excluding tert-OH is 2. The zero-order valence-corrected chi connectivity index (χ0v) is 11.8. The van der Waals surface area contributed by atoms with E-state index in [9.17, 15) is 10.2 Å². The van der Waals surface area contributed by atoms with E-state index in [4.69, 9.17) is 9.47 Å². The molecule has 4 nitrogen and oxygen atoms in total. The predicted molar refractivity (Wildman–Crippen MR) is 80.5 cm³/mol. The van der Waals surface area contributed by atoms with Gasteiger partial charge >= 0.3 is 0 Å². The summed E-state index contributed by atoms with van der Waals surface area (Å²) in [4.78, 5) is 0. The number of ether oxygens (including phenoxy) is 2. The van der Waals surface area contributed by atoms with Crippen molar-refractivity contribution in [3.63, 3.8) is 0 Å².